The van der Waals surface area contributed by atoms with Gasteiger partial charge in [-0.15, -0.1) is 11.3 Å². The lowest BCUT2D eigenvalue weighted by molar-refractivity contribution is 0.0845. The zero-order valence-electron chi connectivity index (χ0n) is 8.72. The molecule has 2 heterocycles. The Hall–Kier alpha value is -1.20. The molecule has 86 valence electrons. The molecule has 1 atom stereocenters. The largest absolute Gasteiger partial charge is 0.483 e. The average molecular weight is 310 g/mol. The van der Waals surface area contributed by atoms with E-state index in [9.17, 15) is 4.79 Å². The summed E-state index contributed by atoms with van der Waals surface area (Å²) in [5.74, 6) is 0.744. The van der Waals surface area contributed by atoms with Crippen LogP contribution >= 0.6 is 27.3 Å². The SMILES string of the molecule is O=C1CC(c2cscn2)Oc2ccc(Br)cc21. The summed E-state index contributed by atoms with van der Waals surface area (Å²) < 4.78 is 6.69. The molecule has 0 fully saturated rings. The van der Waals surface area contributed by atoms with Crippen molar-refractivity contribution in [2.45, 2.75) is 12.5 Å². The molecule has 0 bridgehead atoms. The van der Waals surface area contributed by atoms with Crippen LogP contribution in [0.5, 0.6) is 5.75 Å². The van der Waals surface area contributed by atoms with E-state index in [0.29, 0.717) is 17.7 Å². The highest BCUT2D eigenvalue weighted by Crippen LogP contribution is 2.35. The fraction of sp³-hybridized carbons (Fsp3) is 0.167. The molecule has 0 radical (unpaired) electrons. The molecule has 1 aromatic heterocycles. The molecule has 0 saturated carbocycles. The van der Waals surface area contributed by atoms with E-state index >= 15 is 0 Å². The Morgan fingerprint density at radius 1 is 1.47 bits per heavy atom. The van der Waals surface area contributed by atoms with Crippen LogP contribution in [-0.2, 0) is 0 Å². The first-order valence-corrected chi connectivity index (χ1v) is 6.85. The third kappa shape index (κ3) is 2.00. The van der Waals surface area contributed by atoms with Crippen molar-refractivity contribution in [3.63, 3.8) is 0 Å². The first-order valence-electron chi connectivity index (χ1n) is 5.11. The summed E-state index contributed by atoms with van der Waals surface area (Å²) in [4.78, 5) is 16.2. The summed E-state index contributed by atoms with van der Waals surface area (Å²) in [5.41, 5.74) is 3.23. The van der Waals surface area contributed by atoms with Gasteiger partial charge in [-0.2, -0.15) is 0 Å². The van der Waals surface area contributed by atoms with Crippen LogP contribution in [0.15, 0.2) is 33.6 Å². The summed E-state index contributed by atoms with van der Waals surface area (Å²) in [5, 5.41) is 1.92. The van der Waals surface area contributed by atoms with Crippen molar-refractivity contribution in [2.75, 3.05) is 0 Å². The quantitative estimate of drug-likeness (QED) is 0.807. The number of Topliss-reactive ketones (excluding diaryl/α,β-unsaturated/α-hetero) is 1. The molecule has 1 aromatic carbocycles. The molecule has 2 aromatic rings. The second-order valence-electron chi connectivity index (χ2n) is 3.79. The van der Waals surface area contributed by atoms with Crippen molar-refractivity contribution in [3.8, 4) is 5.75 Å². The van der Waals surface area contributed by atoms with Crippen LogP contribution in [0.3, 0.4) is 0 Å². The summed E-state index contributed by atoms with van der Waals surface area (Å²) >= 11 is 4.86. The van der Waals surface area contributed by atoms with Crippen molar-refractivity contribution < 1.29 is 9.53 Å². The Kier molecular flexibility index (Phi) is 2.72. The molecule has 1 aliphatic heterocycles. The van der Waals surface area contributed by atoms with E-state index in [4.69, 9.17) is 4.74 Å². The van der Waals surface area contributed by atoms with E-state index in [-0.39, 0.29) is 11.9 Å². The number of aromatic nitrogens is 1. The van der Waals surface area contributed by atoms with Crippen LogP contribution in [0.2, 0.25) is 0 Å². The third-order valence-electron chi connectivity index (χ3n) is 2.66. The number of hydrogen-bond donors (Lipinski definition) is 0. The fourth-order valence-electron chi connectivity index (χ4n) is 1.84. The Balaban J connectivity index is 1.99. The highest BCUT2D eigenvalue weighted by molar-refractivity contribution is 9.10. The Morgan fingerprint density at radius 2 is 2.35 bits per heavy atom. The van der Waals surface area contributed by atoms with Gasteiger partial charge in [0.1, 0.15) is 11.9 Å². The van der Waals surface area contributed by atoms with Gasteiger partial charge >= 0.3 is 0 Å². The van der Waals surface area contributed by atoms with Gasteiger partial charge < -0.3 is 4.74 Å². The van der Waals surface area contributed by atoms with Crippen molar-refractivity contribution in [3.05, 3.63) is 44.8 Å². The maximum absolute atomic E-state index is 12.0. The summed E-state index contributed by atoms with van der Waals surface area (Å²) in [6, 6.07) is 5.49. The second kappa shape index (κ2) is 4.23. The second-order valence-corrected chi connectivity index (χ2v) is 5.42. The van der Waals surface area contributed by atoms with Crippen molar-refractivity contribution in [2.24, 2.45) is 0 Å². The number of rotatable bonds is 1. The molecule has 0 spiro atoms. The summed E-state index contributed by atoms with van der Waals surface area (Å²) in [6.45, 7) is 0. The van der Waals surface area contributed by atoms with Gasteiger partial charge in [0.15, 0.2) is 5.78 Å². The standard InChI is InChI=1S/C12H8BrNO2S/c13-7-1-2-11-8(3-7)10(15)4-12(16-11)9-5-17-6-14-9/h1-3,5-6,12H,4H2. The van der Waals surface area contributed by atoms with Gasteiger partial charge in [-0.05, 0) is 18.2 Å². The van der Waals surface area contributed by atoms with Gasteiger partial charge in [-0.25, -0.2) is 4.98 Å². The number of thiazole rings is 1. The zero-order valence-corrected chi connectivity index (χ0v) is 11.1. The highest BCUT2D eigenvalue weighted by atomic mass is 79.9. The molecule has 17 heavy (non-hydrogen) atoms. The minimum Gasteiger partial charge on any atom is -0.483 e. The lowest BCUT2D eigenvalue weighted by Crippen LogP contribution is -2.20. The van der Waals surface area contributed by atoms with Gasteiger partial charge in [0.05, 0.1) is 23.2 Å². The maximum Gasteiger partial charge on any atom is 0.170 e. The van der Waals surface area contributed by atoms with Crippen LogP contribution in [-0.4, -0.2) is 10.8 Å². The van der Waals surface area contributed by atoms with Crippen molar-refractivity contribution in [1.82, 2.24) is 4.98 Å². The van der Waals surface area contributed by atoms with Gasteiger partial charge in [0.25, 0.3) is 0 Å². The van der Waals surface area contributed by atoms with Gasteiger partial charge in [0.2, 0.25) is 0 Å². The number of halogens is 1. The Morgan fingerprint density at radius 3 is 3.12 bits per heavy atom. The number of nitrogens with zero attached hydrogens (tertiary/aromatic N) is 1. The van der Waals surface area contributed by atoms with Crippen molar-refractivity contribution in [1.29, 1.82) is 0 Å². The maximum atomic E-state index is 12.0. The molecule has 1 aliphatic rings. The van der Waals surface area contributed by atoms with E-state index in [0.717, 1.165) is 10.2 Å². The number of benzene rings is 1. The molecule has 3 nitrogen and oxygen atoms in total. The molecule has 0 saturated heterocycles. The van der Waals surface area contributed by atoms with Crippen LogP contribution < -0.4 is 4.74 Å². The van der Waals surface area contributed by atoms with E-state index in [1.807, 2.05) is 17.5 Å². The molecule has 3 rings (SSSR count). The molecule has 0 aliphatic carbocycles. The molecule has 5 heteroatoms. The number of carbonyl (C=O) groups excluding carboxylic acids is 1. The van der Waals surface area contributed by atoms with Crippen LogP contribution in [0.25, 0.3) is 0 Å². The van der Waals surface area contributed by atoms with E-state index in [2.05, 4.69) is 20.9 Å². The highest BCUT2D eigenvalue weighted by Gasteiger charge is 2.28. The smallest absolute Gasteiger partial charge is 0.170 e. The monoisotopic (exact) mass is 309 g/mol. The van der Waals surface area contributed by atoms with E-state index in [1.165, 1.54) is 11.3 Å². The van der Waals surface area contributed by atoms with Crippen LogP contribution in [0.4, 0.5) is 0 Å². The lowest BCUT2D eigenvalue weighted by atomic mass is 9.99. The summed E-state index contributed by atoms with van der Waals surface area (Å²) in [6.07, 6.45) is 0.107. The molecular formula is C12H8BrNO2S. The molecule has 0 amide bonds. The Bertz CT molecular complexity index is 568. The number of ether oxygens (including phenoxy) is 1. The number of fused-ring (bicyclic) bond motifs is 1. The van der Waals surface area contributed by atoms with Crippen LogP contribution in [0, 0.1) is 0 Å². The average Bonchev–Trinajstić information content (AvgIpc) is 2.83. The minimum atomic E-state index is -0.248. The fourth-order valence-corrected chi connectivity index (χ4v) is 2.80. The third-order valence-corrected chi connectivity index (χ3v) is 3.76. The lowest BCUT2D eigenvalue weighted by Gasteiger charge is -2.24. The molecular weight excluding hydrogens is 302 g/mol. The van der Waals surface area contributed by atoms with E-state index < -0.39 is 0 Å². The van der Waals surface area contributed by atoms with Gasteiger partial charge in [0, 0.05) is 9.85 Å². The number of hydrogen-bond acceptors (Lipinski definition) is 4. The zero-order chi connectivity index (χ0) is 11.8. The molecule has 0 N–H and O–H groups in total. The van der Waals surface area contributed by atoms with Gasteiger partial charge in [-0.3, -0.25) is 4.79 Å². The predicted octanol–water partition coefficient (Wildman–Crippen LogP) is 3.61. The molecule has 1 unspecified atom stereocenters. The first-order chi connectivity index (χ1) is 8.24. The van der Waals surface area contributed by atoms with Crippen LogP contribution in [0.1, 0.15) is 28.6 Å². The normalized spacial score (nSPS) is 18.6. The van der Waals surface area contributed by atoms with Gasteiger partial charge in [-0.1, -0.05) is 15.9 Å². The van der Waals surface area contributed by atoms with E-state index in [1.54, 1.807) is 11.6 Å². The minimum absolute atomic E-state index is 0.102. The summed E-state index contributed by atoms with van der Waals surface area (Å²) in [7, 11) is 0. The first kappa shape index (κ1) is 10.9. The number of ketones is 1. The number of carbonyl (C=O) groups is 1. The predicted molar refractivity (Wildman–Crippen MR) is 68.6 cm³/mol. The topological polar surface area (TPSA) is 39.2 Å². The Labute approximate surface area is 111 Å². The van der Waals surface area contributed by atoms with Crippen molar-refractivity contribution >= 4 is 33.0 Å².